The van der Waals surface area contributed by atoms with Gasteiger partial charge in [-0.15, -0.1) is 0 Å². The molecule has 0 saturated carbocycles. The molecule has 1 N–H and O–H groups in total. The molecule has 0 unspecified atom stereocenters. The van der Waals surface area contributed by atoms with Gasteiger partial charge in [0.25, 0.3) is 0 Å². The molecule has 0 bridgehead atoms. The van der Waals surface area contributed by atoms with E-state index in [9.17, 15) is 0 Å². The van der Waals surface area contributed by atoms with E-state index in [2.05, 4.69) is 43.2 Å². The molecule has 14 heavy (non-hydrogen) atoms. The van der Waals surface area contributed by atoms with Crippen LogP contribution in [0, 0.1) is 0 Å². The van der Waals surface area contributed by atoms with Crippen molar-refractivity contribution in [2.45, 2.75) is 33.7 Å². The molecule has 0 amide bonds. The highest BCUT2D eigenvalue weighted by Crippen LogP contribution is 2.16. The van der Waals surface area contributed by atoms with Crippen LogP contribution in [0.4, 0.5) is 5.69 Å². The zero-order valence-corrected chi connectivity index (χ0v) is 9.33. The molecule has 0 aliphatic carbocycles. The monoisotopic (exact) mass is 190 g/mol. The van der Waals surface area contributed by atoms with Crippen molar-refractivity contribution in [2.75, 3.05) is 5.32 Å². The molecule has 2 heteroatoms. The molecule has 1 aromatic heterocycles. The van der Waals surface area contributed by atoms with Crippen molar-refractivity contribution >= 4 is 11.3 Å². The van der Waals surface area contributed by atoms with Crippen molar-refractivity contribution in [3.8, 4) is 0 Å². The molecule has 0 fully saturated rings. The Morgan fingerprint density at radius 3 is 2.71 bits per heavy atom. The minimum atomic E-state index is 0.443. The Morgan fingerprint density at radius 2 is 2.14 bits per heavy atom. The van der Waals surface area contributed by atoms with Crippen LogP contribution in [0.1, 0.15) is 33.3 Å². The summed E-state index contributed by atoms with van der Waals surface area (Å²) in [4.78, 5) is 4.20. The molecular weight excluding hydrogens is 172 g/mol. The van der Waals surface area contributed by atoms with Gasteiger partial charge in [0.15, 0.2) is 0 Å². The molecule has 76 valence electrons. The Balaban J connectivity index is 2.90. The van der Waals surface area contributed by atoms with Crippen LogP contribution in [0.2, 0.25) is 0 Å². The van der Waals surface area contributed by atoms with Gasteiger partial charge in [-0.25, -0.2) is 0 Å². The summed E-state index contributed by atoms with van der Waals surface area (Å²) in [6, 6.07) is 2.57. The predicted molar refractivity (Wildman–Crippen MR) is 62.3 cm³/mol. The van der Waals surface area contributed by atoms with Crippen LogP contribution in [0.5, 0.6) is 0 Å². The summed E-state index contributed by atoms with van der Waals surface area (Å²) in [5, 5.41) is 3.33. The molecule has 0 spiro atoms. The lowest BCUT2D eigenvalue weighted by Gasteiger charge is -2.10. The van der Waals surface area contributed by atoms with Crippen molar-refractivity contribution < 1.29 is 0 Å². The van der Waals surface area contributed by atoms with Crippen molar-refractivity contribution in [3.63, 3.8) is 0 Å². The summed E-state index contributed by atoms with van der Waals surface area (Å²) in [6.45, 7) is 8.37. The Morgan fingerprint density at radius 1 is 1.43 bits per heavy atom. The summed E-state index contributed by atoms with van der Waals surface area (Å²) in [5.41, 5.74) is 3.52. The highest BCUT2D eigenvalue weighted by molar-refractivity contribution is 5.65. The summed E-state index contributed by atoms with van der Waals surface area (Å²) >= 11 is 0. The van der Waals surface area contributed by atoms with Crippen molar-refractivity contribution in [1.82, 2.24) is 4.98 Å². The quantitative estimate of drug-likeness (QED) is 0.790. The summed E-state index contributed by atoms with van der Waals surface area (Å²) < 4.78 is 0. The molecule has 1 rings (SSSR count). The standard InChI is InChI=1S/C12H18N2/c1-5-10(4)11-6-12(8-13-7-11)14-9(2)3/h5-9,14H,1-4H3. The number of aromatic nitrogens is 1. The number of nitrogens with one attached hydrogen (secondary N) is 1. The maximum atomic E-state index is 4.20. The minimum Gasteiger partial charge on any atom is -0.382 e. The summed E-state index contributed by atoms with van der Waals surface area (Å²) in [6.07, 6.45) is 5.84. The Labute approximate surface area is 86.1 Å². The van der Waals surface area contributed by atoms with Crippen LogP contribution in [0.25, 0.3) is 5.57 Å². The second kappa shape index (κ2) is 4.80. The predicted octanol–water partition coefficient (Wildman–Crippen LogP) is 3.33. The Hall–Kier alpha value is -1.31. The molecule has 0 saturated heterocycles. The van der Waals surface area contributed by atoms with E-state index in [0.717, 1.165) is 5.69 Å². The number of rotatable bonds is 3. The average molecular weight is 190 g/mol. The summed E-state index contributed by atoms with van der Waals surface area (Å²) in [5.74, 6) is 0. The maximum Gasteiger partial charge on any atom is 0.0534 e. The number of hydrogen-bond acceptors (Lipinski definition) is 2. The fourth-order valence-electron chi connectivity index (χ4n) is 1.23. The van der Waals surface area contributed by atoms with Gasteiger partial charge in [0.2, 0.25) is 0 Å². The van der Waals surface area contributed by atoms with Gasteiger partial charge in [0, 0.05) is 18.4 Å². The third kappa shape index (κ3) is 2.87. The zero-order chi connectivity index (χ0) is 10.6. The third-order valence-electron chi connectivity index (χ3n) is 2.08. The number of allylic oxidation sites excluding steroid dienone is 2. The second-order valence-electron chi connectivity index (χ2n) is 3.73. The van der Waals surface area contributed by atoms with Gasteiger partial charge in [-0.05, 0) is 44.9 Å². The molecule has 1 heterocycles. The Bertz CT molecular complexity index is 327. The molecule has 0 aromatic carbocycles. The molecular formula is C12H18N2. The van der Waals surface area contributed by atoms with Crippen molar-refractivity contribution in [1.29, 1.82) is 0 Å². The zero-order valence-electron chi connectivity index (χ0n) is 9.33. The highest BCUT2D eigenvalue weighted by Gasteiger charge is 1.99. The van der Waals surface area contributed by atoms with Crippen LogP contribution < -0.4 is 5.32 Å². The lowest BCUT2D eigenvalue weighted by molar-refractivity contribution is 0.897. The summed E-state index contributed by atoms with van der Waals surface area (Å²) in [7, 11) is 0. The first-order chi connectivity index (χ1) is 6.63. The van der Waals surface area contributed by atoms with Gasteiger partial charge in [-0.2, -0.15) is 0 Å². The minimum absolute atomic E-state index is 0.443. The van der Waals surface area contributed by atoms with Gasteiger partial charge >= 0.3 is 0 Å². The topological polar surface area (TPSA) is 24.9 Å². The van der Waals surface area contributed by atoms with E-state index >= 15 is 0 Å². The van der Waals surface area contributed by atoms with E-state index in [0.29, 0.717) is 6.04 Å². The smallest absolute Gasteiger partial charge is 0.0534 e. The van der Waals surface area contributed by atoms with Crippen LogP contribution in [0.15, 0.2) is 24.5 Å². The fourth-order valence-corrected chi connectivity index (χ4v) is 1.23. The first kappa shape index (κ1) is 10.8. The first-order valence-electron chi connectivity index (χ1n) is 4.98. The van der Waals surface area contributed by atoms with Gasteiger partial charge in [0.05, 0.1) is 5.69 Å². The lowest BCUT2D eigenvalue weighted by Crippen LogP contribution is -2.09. The second-order valence-corrected chi connectivity index (χ2v) is 3.73. The molecule has 2 nitrogen and oxygen atoms in total. The van der Waals surface area contributed by atoms with Crippen LogP contribution >= 0.6 is 0 Å². The number of nitrogens with zero attached hydrogens (tertiary/aromatic N) is 1. The van der Waals surface area contributed by atoms with E-state index in [-0.39, 0.29) is 0 Å². The largest absolute Gasteiger partial charge is 0.382 e. The molecule has 0 radical (unpaired) electrons. The van der Waals surface area contributed by atoms with E-state index in [1.54, 1.807) is 0 Å². The fraction of sp³-hybridized carbons (Fsp3) is 0.417. The van der Waals surface area contributed by atoms with E-state index < -0.39 is 0 Å². The van der Waals surface area contributed by atoms with E-state index in [4.69, 9.17) is 0 Å². The number of pyridine rings is 1. The average Bonchev–Trinajstić information content (AvgIpc) is 2.16. The molecule has 0 atom stereocenters. The SMILES string of the molecule is CC=C(C)c1cncc(NC(C)C)c1. The highest BCUT2D eigenvalue weighted by atomic mass is 14.9. The van der Waals surface area contributed by atoms with Gasteiger partial charge in [-0.3, -0.25) is 4.98 Å². The number of hydrogen-bond donors (Lipinski definition) is 1. The third-order valence-corrected chi connectivity index (χ3v) is 2.08. The van der Waals surface area contributed by atoms with Crippen molar-refractivity contribution in [2.24, 2.45) is 0 Å². The molecule has 0 aliphatic heterocycles. The van der Waals surface area contributed by atoms with Crippen LogP contribution in [0.3, 0.4) is 0 Å². The maximum absolute atomic E-state index is 4.20. The van der Waals surface area contributed by atoms with Gasteiger partial charge in [0.1, 0.15) is 0 Å². The van der Waals surface area contributed by atoms with Gasteiger partial charge < -0.3 is 5.32 Å². The number of anilines is 1. The van der Waals surface area contributed by atoms with E-state index in [1.807, 2.05) is 19.3 Å². The van der Waals surface area contributed by atoms with E-state index in [1.165, 1.54) is 11.1 Å². The van der Waals surface area contributed by atoms with Crippen LogP contribution in [-0.4, -0.2) is 11.0 Å². The lowest BCUT2D eigenvalue weighted by atomic mass is 10.1. The van der Waals surface area contributed by atoms with Crippen LogP contribution in [-0.2, 0) is 0 Å². The molecule has 1 aromatic rings. The Kier molecular flexibility index (Phi) is 3.69. The normalized spacial score (nSPS) is 11.9. The van der Waals surface area contributed by atoms with Crippen molar-refractivity contribution in [3.05, 3.63) is 30.1 Å². The molecule has 0 aliphatic rings. The van der Waals surface area contributed by atoms with Gasteiger partial charge in [-0.1, -0.05) is 6.08 Å². The first-order valence-corrected chi connectivity index (χ1v) is 4.98.